The molecule has 27 heavy (non-hydrogen) atoms. The number of amides is 1. The van der Waals surface area contributed by atoms with Crippen molar-refractivity contribution in [2.75, 3.05) is 18.6 Å². The van der Waals surface area contributed by atoms with Crippen LogP contribution in [-0.4, -0.2) is 34.3 Å². The maximum absolute atomic E-state index is 13.3. The van der Waals surface area contributed by atoms with Gasteiger partial charge in [-0.05, 0) is 36.4 Å². The molecule has 7 heteroatoms. The minimum absolute atomic E-state index is 0.111. The Hall–Kier alpha value is -3.19. The van der Waals surface area contributed by atoms with E-state index in [2.05, 4.69) is 10.1 Å². The van der Waals surface area contributed by atoms with Crippen LogP contribution in [0.15, 0.2) is 67.0 Å². The number of hydrogen-bond donors (Lipinski definition) is 0. The Balaban J connectivity index is 1.68. The minimum Gasteiger partial charge on any atom is -0.497 e. The summed E-state index contributed by atoms with van der Waals surface area (Å²) in [6.45, 7) is 1.05. The fourth-order valence-corrected chi connectivity index (χ4v) is 3.80. The molecule has 4 rings (SSSR count). The number of nitrogens with zero attached hydrogens (tertiary/aromatic N) is 4. The monoisotopic (exact) mass is 378 g/mol. The molecule has 0 spiro atoms. The molecule has 2 aromatic heterocycles. The predicted molar refractivity (Wildman–Crippen MR) is 107 cm³/mol. The van der Waals surface area contributed by atoms with E-state index in [4.69, 9.17) is 4.74 Å². The smallest absolute Gasteiger partial charge is 0.260 e. The van der Waals surface area contributed by atoms with Gasteiger partial charge in [-0.25, -0.2) is 4.98 Å². The van der Waals surface area contributed by atoms with Crippen LogP contribution >= 0.6 is 11.3 Å². The number of methoxy groups -OCH3 is 1. The van der Waals surface area contributed by atoms with E-state index >= 15 is 0 Å². The number of carbonyl (C=O) groups excluding carboxylic acids is 1. The number of ether oxygens (including phenoxy) is 1. The SMILES string of the molecule is COc1cccc(C(=O)N(CCn2cccn2)c2nc3ccccc3s2)c1. The number of hydrogen-bond acceptors (Lipinski definition) is 5. The highest BCUT2D eigenvalue weighted by Crippen LogP contribution is 2.30. The van der Waals surface area contributed by atoms with Gasteiger partial charge in [0.15, 0.2) is 5.13 Å². The van der Waals surface area contributed by atoms with Crippen molar-refractivity contribution in [3.63, 3.8) is 0 Å². The standard InChI is InChI=1S/C20H18N4O2S/c1-26-16-7-4-6-15(14-16)19(25)24(13-12-23-11-5-10-21-23)20-22-17-8-2-3-9-18(17)27-20/h2-11,14H,12-13H2,1H3. The molecule has 0 N–H and O–H groups in total. The molecule has 1 amide bonds. The fourth-order valence-electron chi connectivity index (χ4n) is 2.81. The molecule has 2 heterocycles. The first kappa shape index (κ1) is 17.2. The minimum atomic E-state index is -0.111. The van der Waals surface area contributed by atoms with Crippen molar-refractivity contribution in [2.45, 2.75) is 6.54 Å². The summed E-state index contributed by atoms with van der Waals surface area (Å²) in [5, 5.41) is 4.90. The molecule has 6 nitrogen and oxygen atoms in total. The Morgan fingerprint density at radius 3 is 2.85 bits per heavy atom. The van der Waals surface area contributed by atoms with Crippen LogP contribution in [0.4, 0.5) is 5.13 Å². The number of rotatable bonds is 6. The zero-order valence-electron chi connectivity index (χ0n) is 14.8. The topological polar surface area (TPSA) is 60.2 Å². The van der Waals surface area contributed by atoms with Crippen LogP contribution in [0.5, 0.6) is 5.75 Å². The van der Waals surface area contributed by atoms with Crippen LogP contribution in [-0.2, 0) is 6.54 Å². The van der Waals surface area contributed by atoms with Crippen molar-refractivity contribution < 1.29 is 9.53 Å². The summed E-state index contributed by atoms with van der Waals surface area (Å²) in [5.41, 5.74) is 1.45. The normalized spacial score (nSPS) is 10.9. The third-order valence-electron chi connectivity index (χ3n) is 4.19. The highest BCUT2D eigenvalue weighted by atomic mass is 32.1. The molecular formula is C20H18N4O2S. The van der Waals surface area contributed by atoms with Gasteiger partial charge in [0.1, 0.15) is 5.75 Å². The molecule has 0 atom stereocenters. The lowest BCUT2D eigenvalue weighted by Crippen LogP contribution is -2.34. The van der Waals surface area contributed by atoms with Gasteiger partial charge >= 0.3 is 0 Å². The largest absolute Gasteiger partial charge is 0.497 e. The maximum atomic E-state index is 13.3. The van der Waals surface area contributed by atoms with E-state index in [1.54, 1.807) is 35.0 Å². The van der Waals surface area contributed by atoms with Gasteiger partial charge in [0, 0.05) is 24.5 Å². The molecule has 0 aliphatic carbocycles. The van der Waals surface area contributed by atoms with Crippen molar-refractivity contribution in [3.8, 4) is 5.75 Å². The molecule has 2 aromatic carbocycles. The molecule has 0 unspecified atom stereocenters. The van der Waals surface area contributed by atoms with Gasteiger partial charge in [-0.3, -0.25) is 14.4 Å². The van der Waals surface area contributed by atoms with Crippen LogP contribution in [0, 0.1) is 0 Å². The van der Waals surface area contributed by atoms with E-state index in [0.717, 1.165) is 10.2 Å². The van der Waals surface area contributed by atoms with E-state index in [9.17, 15) is 4.79 Å². The lowest BCUT2D eigenvalue weighted by Gasteiger charge is -2.20. The molecule has 0 aliphatic rings. The average Bonchev–Trinajstić information content (AvgIpc) is 3.37. The fraction of sp³-hybridized carbons (Fsp3) is 0.150. The number of anilines is 1. The van der Waals surface area contributed by atoms with Crippen LogP contribution in [0.25, 0.3) is 10.2 Å². The molecule has 0 aliphatic heterocycles. The van der Waals surface area contributed by atoms with Gasteiger partial charge < -0.3 is 4.74 Å². The van der Waals surface area contributed by atoms with Crippen molar-refractivity contribution in [3.05, 3.63) is 72.6 Å². The number of carbonyl (C=O) groups is 1. The first-order valence-electron chi connectivity index (χ1n) is 8.53. The number of para-hydroxylation sites is 1. The number of thiazole rings is 1. The Morgan fingerprint density at radius 1 is 1.19 bits per heavy atom. The molecule has 0 saturated heterocycles. The van der Waals surface area contributed by atoms with Crippen molar-refractivity contribution in [1.82, 2.24) is 14.8 Å². The average molecular weight is 378 g/mol. The Kier molecular flexibility index (Phi) is 4.84. The zero-order valence-corrected chi connectivity index (χ0v) is 15.6. The molecular weight excluding hydrogens is 360 g/mol. The van der Waals surface area contributed by atoms with E-state index in [1.807, 2.05) is 48.7 Å². The molecule has 0 bridgehead atoms. The zero-order chi connectivity index (χ0) is 18.6. The second kappa shape index (κ2) is 7.59. The summed E-state index contributed by atoms with van der Waals surface area (Å²) < 4.78 is 8.12. The first-order chi connectivity index (χ1) is 13.2. The lowest BCUT2D eigenvalue weighted by molar-refractivity contribution is 0.0985. The van der Waals surface area contributed by atoms with Gasteiger partial charge in [-0.15, -0.1) is 0 Å². The van der Waals surface area contributed by atoms with Gasteiger partial charge in [-0.1, -0.05) is 29.5 Å². The summed E-state index contributed by atoms with van der Waals surface area (Å²) in [4.78, 5) is 19.6. The van der Waals surface area contributed by atoms with E-state index in [0.29, 0.717) is 29.5 Å². The number of benzene rings is 2. The van der Waals surface area contributed by atoms with Crippen LogP contribution in [0.1, 0.15) is 10.4 Å². The van der Waals surface area contributed by atoms with Crippen molar-refractivity contribution >= 4 is 32.6 Å². The summed E-state index contributed by atoms with van der Waals surface area (Å²) >= 11 is 1.51. The van der Waals surface area contributed by atoms with Gasteiger partial charge in [0.2, 0.25) is 0 Å². The molecule has 136 valence electrons. The molecule has 0 fully saturated rings. The first-order valence-corrected chi connectivity index (χ1v) is 9.35. The van der Waals surface area contributed by atoms with Crippen LogP contribution in [0.3, 0.4) is 0 Å². The molecule has 0 saturated carbocycles. The second-order valence-electron chi connectivity index (χ2n) is 5.92. The van der Waals surface area contributed by atoms with Crippen LogP contribution in [0.2, 0.25) is 0 Å². The molecule has 4 aromatic rings. The maximum Gasteiger partial charge on any atom is 0.260 e. The van der Waals surface area contributed by atoms with Crippen molar-refractivity contribution in [2.24, 2.45) is 0 Å². The lowest BCUT2D eigenvalue weighted by atomic mass is 10.2. The third kappa shape index (κ3) is 3.68. The molecule has 0 radical (unpaired) electrons. The summed E-state index contributed by atoms with van der Waals surface area (Å²) in [6, 6.07) is 16.9. The van der Waals surface area contributed by atoms with Crippen LogP contribution < -0.4 is 9.64 Å². The van der Waals surface area contributed by atoms with Crippen molar-refractivity contribution in [1.29, 1.82) is 0 Å². The summed E-state index contributed by atoms with van der Waals surface area (Å²) in [7, 11) is 1.59. The summed E-state index contributed by atoms with van der Waals surface area (Å²) in [5.74, 6) is 0.539. The Labute approximate surface area is 160 Å². The summed E-state index contributed by atoms with van der Waals surface area (Å²) in [6.07, 6.45) is 3.61. The second-order valence-corrected chi connectivity index (χ2v) is 6.93. The van der Waals surface area contributed by atoms with E-state index < -0.39 is 0 Å². The Bertz CT molecular complexity index is 1030. The van der Waals surface area contributed by atoms with E-state index in [-0.39, 0.29) is 5.91 Å². The van der Waals surface area contributed by atoms with Gasteiger partial charge in [-0.2, -0.15) is 5.10 Å². The quantitative estimate of drug-likeness (QED) is 0.511. The highest BCUT2D eigenvalue weighted by molar-refractivity contribution is 7.22. The van der Waals surface area contributed by atoms with E-state index in [1.165, 1.54) is 11.3 Å². The van der Waals surface area contributed by atoms with Gasteiger partial charge in [0.05, 0.1) is 23.9 Å². The number of aromatic nitrogens is 3. The third-order valence-corrected chi connectivity index (χ3v) is 5.25. The Morgan fingerprint density at radius 2 is 2.07 bits per heavy atom. The highest BCUT2D eigenvalue weighted by Gasteiger charge is 2.21. The van der Waals surface area contributed by atoms with Gasteiger partial charge in [0.25, 0.3) is 5.91 Å². The number of fused-ring (bicyclic) bond motifs is 1. The predicted octanol–water partition coefficient (Wildman–Crippen LogP) is 3.85.